The number of allylic oxidation sites excluding steroid dienone is 6. The number of unbranched alkanes of at least 4 members (excludes halogenated alkanes) is 2. The highest BCUT2D eigenvalue weighted by Gasteiger charge is 2.45. The van der Waals surface area contributed by atoms with Crippen molar-refractivity contribution in [2.75, 3.05) is 18.0 Å². The summed E-state index contributed by atoms with van der Waals surface area (Å²) in [7, 11) is 0. The van der Waals surface area contributed by atoms with Crippen molar-refractivity contribution in [3.05, 3.63) is 120 Å². The molecule has 6 rings (SSSR count). The van der Waals surface area contributed by atoms with E-state index < -0.39 is 0 Å². The van der Waals surface area contributed by atoms with Crippen LogP contribution in [0.4, 0.5) is 11.4 Å². The maximum Gasteiger partial charge on any atom is 0.210 e. The Labute approximate surface area is 270 Å². The van der Waals surface area contributed by atoms with Gasteiger partial charge in [-0.25, -0.2) is 0 Å². The van der Waals surface area contributed by atoms with Crippen LogP contribution in [0.3, 0.4) is 0 Å². The fraction of sp³-hybridized carbons (Fsp3) is 0.341. The number of hydrogen-bond donors (Lipinski definition) is 0. The second-order valence-electron chi connectivity index (χ2n) is 13.3. The average molecular weight is 603 g/mol. The van der Waals surface area contributed by atoms with Gasteiger partial charge < -0.3 is 17.3 Å². The van der Waals surface area contributed by atoms with Gasteiger partial charge in [0.2, 0.25) is 5.69 Å². The summed E-state index contributed by atoms with van der Waals surface area (Å²) >= 11 is 0. The molecule has 4 aromatic carbocycles. The molecular weight excluding hydrogens is 556 g/mol. The topological polar surface area (TPSA) is 6.25 Å². The highest BCUT2D eigenvalue weighted by molar-refractivity contribution is 6.07. The SMILES string of the molecule is CCCCN1/C(=C/C=C/C=C/C2=[N+](CCCC)c3ccc4ccccc4c3C2(C)C)C(C)(C)c2c1ccc1ccccc21.[Cl-]. The molecular formula is C41H47ClN2. The fourth-order valence-electron chi connectivity index (χ4n) is 7.54. The number of benzene rings is 4. The van der Waals surface area contributed by atoms with Crippen LogP contribution in [-0.4, -0.2) is 23.4 Å². The van der Waals surface area contributed by atoms with E-state index in [4.69, 9.17) is 0 Å². The molecule has 0 saturated heterocycles. The number of nitrogens with zero attached hydrogens (tertiary/aromatic N) is 2. The van der Waals surface area contributed by atoms with E-state index in [0.29, 0.717) is 0 Å². The smallest absolute Gasteiger partial charge is 0.210 e. The molecule has 0 fully saturated rings. The minimum Gasteiger partial charge on any atom is -1.00 e. The first-order chi connectivity index (χ1) is 20.8. The lowest BCUT2D eigenvalue weighted by molar-refractivity contribution is -0.438. The van der Waals surface area contributed by atoms with Gasteiger partial charge in [0.1, 0.15) is 6.54 Å². The molecule has 0 bridgehead atoms. The van der Waals surface area contributed by atoms with Crippen molar-refractivity contribution in [2.24, 2.45) is 0 Å². The summed E-state index contributed by atoms with van der Waals surface area (Å²) in [5, 5.41) is 5.39. The largest absolute Gasteiger partial charge is 1.00 e. The molecule has 0 aromatic heterocycles. The first-order valence-electron chi connectivity index (χ1n) is 16.3. The van der Waals surface area contributed by atoms with Crippen LogP contribution in [0.5, 0.6) is 0 Å². The number of anilines is 1. The Morgan fingerprint density at radius 3 is 2.00 bits per heavy atom. The van der Waals surface area contributed by atoms with E-state index >= 15 is 0 Å². The van der Waals surface area contributed by atoms with E-state index in [-0.39, 0.29) is 23.2 Å². The Hall–Kier alpha value is -3.62. The van der Waals surface area contributed by atoms with Gasteiger partial charge in [0.05, 0.1) is 5.41 Å². The monoisotopic (exact) mass is 602 g/mol. The van der Waals surface area contributed by atoms with Crippen molar-refractivity contribution >= 4 is 38.6 Å². The molecule has 3 heteroatoms. The van der Waals surface area contributed by atoms with Gasteiger partial charge in [-0.1, -0.05) is 113 Å². The molecule has 2 heterocycles. The molecule has 0 aliphatic carbocycles. The average Bonchev–Trinajstić information content (AvgIpc) is 3.37. The lowest BCUT2D eigenvalue weighted by Gasteiger charge is -2.27. The molecule has 0 N–H and O–H groups in total. The zero-order chi connectivity index (χ0) is 30.2. The Bertz CT molecular complexity index is 1800. The van der Waals surface area contributed by atoms with Crippen molar-refractivity contribution in [3.63, 3.8) is 0 Å². The normalized spacial score (nSPS) is 17.8. The van der Waals surface area contributed by atoms with Crippen LogP contribution in [0.25, 0.3) is 21.5 Å². The summed E-state index contributed by atoms with van der Waals surface area (Å²) in [6, 6.07) is 27.0. The lowest BCUT2D eigenvalue weighted by Crippen LogP contribution is -3.00. The van der Waals surface area contributed by atoms with Gasteiger partial charge in [-0.05, 0) is 65.6 Å². The van der Waals surface area contributed by atoms with Crippen molar-refractivity contribution in [1.82, 2.24) is 0 Å². The third-order valence-corrected chi connectivity index (χ3v) is 9.71. The zero-order valence-corrected chi connectivity index (χ0v) is 28.1. The first-order valence-corrected chi connectivity index (χ1v) is 16.3. The summed E-state index contributed by atoms with van der Waals surface area (Å²) in [5.41, 5.74) is 8.27. The minimum atomic E-state index is -0.0696. The summed E-state index contributed by atoms with van der Waals surface area (Å²) < 4.78 is 2.57. The lowest BCUT2D eigenvalue weighted by atomic mass is 9.79. The molecule has 2 aliphatic rings. The second kappa shape index (κ2) is 12.8. The molecule has 0 atom stereocenters. The van der Waals surface area contributed by atoms with Crippen LogP contribution >= 0.6 is 0 Å². The summed E-state index contributed by atoms with van der Waals surface area (Å²) in [5.74, 6) is 0. The van der Waals surface area contributed by atoms with Gasteiger partial charge >= 0.3 is 0 Å². The Morgan fingerprint density at radius 1 is 0.682 bits per heavy atom. The molecule has 2 aliphatic heterocycles. The molecule has 228 valence electrons. The van der Waals surface area contributed by atoms with Gasteiger partial charge in [-0.2, -0.15) is 4.58 Å². The Kier molecular flexibility index (Phi) is 9.23. The van der Waals surface area contributed by atoms with Crippen molar-refractivity contribution < 1.29 is 17.0 Å². The molecule has 44 heavy (non-hydrogen) atoms. The van der Waals surface area contributed by atoms with Gasteiger partial charge in [0, 0.05) is 47.5 Å². The molecule has 4 aromatic rings. The number of fused-ring (bicyclic) bond motifs is 6. The molecule has 0 saturated carbocycles. The predicted molar refractivity (Wildman–Crippen MR) is 187 cm³/mol. The molecule has 0 unspecified atom stereocenters. The van der Waals surface area contributed by atoms with Crippen molar-refractivity contribution in [2.45, 2.75) is 78.1 Å². The molecule has 0 spiro atoms. The van der Waals surface area contributed by atoms with E-state index in [0.717, 1.165) is 13.1 Å². The van der Waals surface area contributed by atoms with Crippen LogP contribution in [0.1, 0.15) is 78.4 Å². The Morgan fingerprint density at radius 2 is 1.32 bits per heavy atom. The van der Waals surface area contributed by atoms with Gasteiger partial charge in [0.25, 0.3) is 0 Å². The molecule has 2 nitrogen and oxygen atoms in total. The second-order valence-corrected chi connectivity index (χ2v) is 13.3. The Balaban J connectivity index is 0.00000384. The molecule has 0 amide bonds. The van der Waals surface area contributed by atoms with E-state index in [1.54, 1.807) is 0 Å². The predicted octanol–water partition coefficient (Wildman–Crippen LogP) is 7.77. The third kappa shape index (κ3) is 5.32. The van der Waals surface area contributed by atoms with E-state index in [1.807, 2.05) is 0 Å². The van der Waals surface area contributed by atoms with E-state index in [1.165, 1.54) is 81.1 Å². The summed E-state index contributed by atoms with van der Waals surface area (Å²) in [4.78, 5) is 2.57. The van der Waals surface area contributed by atoms with Crippen LogP contribution in [0.2, 0.25) is 0 Å². The van der Waals surface area contributed by atoms with E-state index in [9.17, 15) is 0 Å². The van der Waals surface area contributed by atoms with Gasteiger partial charge in [0.15, 0.2) is 5.71 Å². The fourth-order valence-corrected chi connectivity index (χ4v) is 7.54. The van der Waals surface area contributed by atoms with Crippen molar-refractivity contribution in [3.8, 4) is 0 Å². The number of hydrogen-bond acceptors (Lipinski definition) is 1. The quantitative estimate of drug-likeness (QED) is 0.140. The van der Waals surface area contributed by atoms with Gasteiger partial charge in [-0.3, -0.25) is 0 Å². The maximum absolute atomic E-state index is 2.57. The highest BCUT2D eigenvalue weighted by atomic mass is 35.5. The van der Waals surface area contributed by atoms with Crippen LogP contribution in [0, 0.1) is 0 Å². The maximum atomic E-state index is 2.57. The van der Waals surface area contributed by atoms with Crippen LogP contribution in [0.15, 0.2) is 109 Å². The van der Waals surface area contributed by atoms with Crippen molar-refractivity contribution in [1.29, 1.82) is 0 Å². The number of halogens is 1. The minimum absolute atomic E-state index is 0. The van der Waals surface area contributed by atoms with Crippen LogP contribution < -0.4 is 17.3 Å². The highest BCUT2D eigenvalue weighted by Crippen LogP contribution is 2.51. The summed E-state index contributed by atoms with van der Waals surface area (Å²) in [6.07, 6.45) is 16.2. The number of rotatable bonds is 9. The van der Waals surface area contributed by atoms with Crippen LogP contribution in [-0.2, 0) is 10.8 Å². The summed E-state index contributed by atoms with van der Waals surface area (Å²) in [6.45, 7) is 16.2. The zero-order valence-electron chi connectivity index (χ0n) is 27.3. The third-order valence-electron chi connectivity index (χ3n) is 9.71. The molecule has 0 radical (unpaired) electrons. The first kappa shape index (κ1) is 31.8. The van der Waals surface area contributed by atoms with E-state index in [2.05, 4.69) is 154 Å². The van der Waals surface area contributed by atoms with Gasteiger partial charge in [-0.15, -0.1) is 0 Å². The standard InChI is InChI=1S/C41H47N2.ClH/c1-7-9-28-42-34-26-24-30-18-14-16-20-32(30)38(34)40(3,4)36(42)22-12-11-13-23-37-41(5,6)39-33-21-17-15-19-31(33)25-27-35(39)43(37)29-10-8-2;/h11-27H,7-10,28-29H2,1-6H3;1H/q+1;/p-1.